The summed E-state index contributed by atoms with van der Waals surface area (Å²) in [5, 5.41) is 0. The Labute approximate surface area is 140 Å². The molecule has 2 aromatic carbocycles. The van der Waals surface area contributed by atoms with Crippen LogP contribution >= 0.6 is 0 Å². The molecule has 0 radical (unpaired) electrons. The van der Waals surface area contributed by atoms with Crippen molar-refractivity contribution in [1.82, 2.24) is 0 Å². The van der Waals surface area contributed by atoms with Crippen LogP contribution in [-0.4, -0.2) is 25.0 Å². The normalized spacial score (nSPS) is 15.3. The summed E-state index contributed by atoms with van der Waals surface area (Å²) >= 11 is 0. The van der Waals surface area contributed by atoms with E-state index in [0.29, 0.717) is 23.3 Å². The quantitative estimate of drug-likeness (QED) is 0.624. The first kappa shape index (κ1) is 16.1. The van der Waals surface area contributed by atoms with Crippen LogP contribution in [-0.2, 0) is 22.6 Å². The molecule has 0 saturated heterocycles. The molecule has 0 fully saturated rings. The number of ketones is 1. The van der Waals surface area contributed by atoms with Gasteiger partial charge in [-0.15, -0.1) is 0 Å². The van der Waals surface area contributed by atoms with Gasteiger partial charge in [0.25, 0.3) is 0 Å². The third-order valence-electron chi connectivity index (χ3n) is 3.97. The molecule has 24 heavy (non-hydrogen) atoms. The molecule has 0 saturated carbocycles. The van der Waals surface area contributed by atoms with E-state index in [1.165, 1.54) is 14.0 Å². The van der Waals surface area contributed by atoms with Gasteiger partial charge in [-0.25, -0.2) is 4.79 Å². The first-order chi connectivity index (χ1) is 11.6. The van der Waals surface area contributed by atoms with E-state index in [0.717, 1.165) is 11.3 Å². The summed E-state index contributed by atoms with van der Waals surface area (Å²) in [7, 11) is 1.53. The lowest BCUT2D eigenvalue weighted by Gasteiger charge is -2.13. The molecule has 2 aromatic rings. The molecule has 0 amide bonds. The lowest BCUT2D eigenvalue weighted by atomic mass is 10.1. The van der Waals surface area contributed by atoms with Gasteiger partial charge in [-0.1, -0.05) is 18.2 Å². The molecule has 5 heteroatoms. The molecule has 0 bridgehead atoms. The summed E-state index contributed by atoms with van der Waals surface area (Å²) in [6, 6.07) is 12.6. The van der Waals surface area contributed by atoms with Gasteiger partial charge in [0.1, 0.15) is 18.1 Å². The highest BCUT2D eigenvalue weighted by atomic mass is 16.6. The van der Waals surface area contributed by atoms with Crippen molar-refractivity contribution in [2.75, 3.05) is 7.11 Å². The minimum atomic E-state index is -0.635. The highest BCUT2D eigenvalue weighted by Crippen LogP contribution is 2.29. The molecule has 1 atom stereocenters. The van der Waals surface area contributed by atoms with E-state index in [4.69, 9.17) is 14.2 Å². The Hall–Kier alpha value is -2.82. The minimum Gasteiger partial charge on any atom is -0.496 e. The van der Waals surface area contributed by atoms with E-state index in [2.05, 4.69) is 0 Å². The topological polar surface area (TPSA) is 61.8 Å². The fourth-order valence-electron chi connectivity index (χ4n) is 2.67. The number of carbonyl (C=O) groups is 2. The van der Waals surface area contributed by atoms with Gasteiger partial charge < -0.3 is 14.2 Å². The maximum atomic E-state index is 12.3. The average molecular weight is 326 g/mol. The molecule has 5 nitrogen and oxygen atoms in total. The smallest absolute Gasteiger partial charge is 0.348 e. The van der Waals surface area contributed by atoms with Gasteiger partial charge in [0.15, 0.2) is 11.9 Å². The molecular formula is C19H18O5. The largest absolute Gasteiger partial charge is 0.496 e. The van der Waals surface area contributed by atoms with Crippen molar-refractivity contribution < 1.29 is 23.8 Å². The molecule has 1 heterocycles. The van der Waals surface area contributed by atoms with E-state index in [1.54, 1.807) is 18.2 Å². The first-order valence-electron chi connectivity index (χ1n) is 7.67. The van der Waals surface area contributed by atoms with Crippen molar-refractivity contribution in [3.63, 3.8) is 0 Å². The van der Waals surface area contributed by atoms with Gasteiger partial charge in [0.05, 0.1) is 7.11 Å². The second-order valence-electron chi connectivity index (χ2n) is 5.61. The molecule has 0 unspecified atom stereocenters. The Kier molecular flexibility index (Phi) is 4.51. The number of methoxy groups -OCH3 is 1. The van der Waals surface area contributed by atoms with Crippen LogP contribution in [0, 0.1) is 0 Å². The van der Waals surface area contributed by atoms with Crippen molar-refractivity contribution in [2.45, 2.75) is 26.1 Å². The highest BCUT2D eigenvalue weighted by molar-refractivity contribution is 5.94. The number of carbonyl (C=O) groups excluding carboxylic acids is 2. The van der Waals surface area contributed by atoms with Crippen LogP contribution in [0.2, 0.25) is 0 Å². The highest BCUT2D eigenvalue weighted by Gasteiger charge is 2.30. The summed E-state index contributed by atoms with van der Waals surface area (Å²) in [5.41, 5.74) is 2.19. The van der Waals surface area contributed by atoms with Gasteiger partial charge >= 0.3 is 5.97 Å². The van der Waals surface area contributed by atoms with E-state index >= 15 is 0 Å². The summed E-state index contributed by atoms with van der Waals surface area (Å²) < 4.78 is 16.2. The Morgan fingerprint density at radius 3 is 2.71 bits per heavy atom. The van der Waals surface area contributed by atoms with Gasteiger partial charge in [0, 0.05) is 17.5 Å². The number of hydrogen-bond donors (Lipinski definition) is 0. The number of para-hydroxylation sites is 1. The standard InChI is InChI=1S/C19H18O5/c1-12(20)13-7-8-16(22-2)15(9-13)11-23-19(21)18-10-14-5-3-4-6-17(14)24-18/h3-9,18H,10-11H2,1-2H3/t18-/m0/s1. The van der Waals surface area contributed by atoms with Gasteiger partial charge in [-0.3, -0.25) is 4.79 Å². The van der Waals surface area contributed by atoms with Crippen LogP contribution in [0.3, 0.4) is 0 Å². The van der Waals surface area contributed by atoms with E-state index in [-0.39, 0.29) is 12.4 Å². The summed E-state index contributed by atoms with van der Waals surface area (Å²) in [6.45, 7) is 1.51. The number of benzene rings is 2. The molecule has 0 N–H and O–H groups in total. The number of rotatable bonds is 5. The van der Waals surface area contributed by atoms with Crippen LogP contribution in [0.4, 0.5) is 0 Å². The summed E-state index contributed by atoms with van der Waals surface area (Å²) in [5.74, 6) is 0.806. The second-order valence-corrected chi connectivity index (χ2v) is 5.61. The molecular weight excluding hydrogens is 308 g/mol. The predicted octanol–water partition coefficient (Wildman–Crippen LogP) is 2.94. The lowest BCUT2D eigenvalue weighted by Crippen LogP contribution is -2.27. The van der Waals surface area contributed by atoms with Crippen LogP contribution in [0.1, 0.15) is 28.4 Å². The Balaban J connectivity index is 1.67. The van der Waals surface area contributed by atoms with Gasteiger partial charge in [0.2, 0.25) is 0 Å². The average Bonchev–Trinajstić information content (AvgIpc) is 3.03. The van der Waals surface area contributed by atoms with E-state index in [1.807, 2.05) is 24.3 Å². The number of fused-ring (bicyclic) bond motifs is 1. The maximum Gasteiger partial charge on any atom is 0.348 e. The monoisotopic (exact) mass is 326 g/mol. The Bertz CT molecular complexity index is 756. The third-order valence-corrected chi connectivity index (χ3v) is 3.97. The molecule has 3 rings (SSSR count). The molecule has 0 spiro atoms. The molecule has 1 aliphatic rings. The number of hydrogen-bond acceptors (Lipinski definition) is 5. The lowest BCUT2D eigenvalue weighted by molar-refractivity contribution is -0.152. The van der Waals surface area contributed by atoms with Crippen molar-refractivity contribution in [2.24, 2.45) is 0 Å². The SMILES string of the molecule is COc1ccc(C(C)=O)cc1COC(=O)[C@@H]1Cc2ccccc2O1. The number of esters is 1. The zero-order valence-electron chi connectivity index (χ0n) is 13.6. The van der Waals surface area contributed by atoms with Crippen LogP contribution < -0.4 is 9.47 Å². The van der Waals surface area contributed by atoms with Crippen molar-refractivity contribution in [3.8, 4) is 11.5 Å². The van der Waals surface area contributed by atoms with Crippen molar-refractivity contribution >= 4 is 11.8 Å². The van der Waals surface area contributed by atoms with Crippen LogP contribution in [0.15, 0.2) is 42.5 Å². The van der Waals surface area contributed by atoms with E-state index < -0.39 is 12.1 Å². The number of Topliss-reactive ketones (excluding diaryl/α,β-unsaturated/α-hetero) is 1. The fourth-order valence-corrected chi connectivity index (χ4v) is 2.67. The summed E-state index contributed by atoms with van der Waals surface area (Å²) in [4.78, 5) is 23.8. The zero-order chi connectivity index (χ0) is 17.1. The fraction of sp³-hybridized carbons (Fsp3) is 0.263. The van der Waals surface area contributed by atoms with Crippen molar-refractivity contribution in [1.29, 1.82) is 0 Å². The predicted molar refractivity (Wildman–Crippen MR) is 87.4 cm³/mol. The third kappa shape index (κ3) is 3.25. The van der Waals surface area contributed by atoms with Gasteiger partial charge in [-0.2, -0.15) is 0 Å². The van der Waals surface area contributed by atoms with Crippen LogP contribution in [0.25, 0.3) is 0 Å². The van der Waals surface area contributed by atoms with E-state index in [9.17, 15) is 9.59 Å². The number of ether oxygens (including phenoxy) is 3. The molecule has 1 aliphatic heterocycles. The Morgan fingerprint density at radius 2 is 2.00 bits per heavy atom. The van der Waals surface area contributed by atoms with Crippen molar-refractivity contribution in [3.05, 3.63) is 59.2 Å². The molecule has 0 aliphatic carbocycles. The zero-order valence-corrected chi connectivity index (χ0v) is 13.6. The molecule has 0 aromatic heterocycles. The summed E-state index contributed by atoms with van der Waals surface area (Å²) in [6.07, 6.45) is -0.135. The first-order valence-corrected chi connectivity index (χ1v) is 7.67. The Morgan fingerprint density at radius 1 is 1.21 bits per heavy atom. The maximum absolute atomic E-state index is 12.3. The van der Waals surface area contributed by atoms with Gasteiger partial charge in [-0.05, 0) is 36.8 Å². The second kappa shape index (κ2) is 6.74. The van der Waals surface area contributed by atoms with Crippen LogP contribution in [0.5, 0.6) is 11.5 Å². The molecule has 124 valence electrons. The minimum absolute atomic E-state index is 0.0271.